The molecule has 0 spiro atoms. The number of carbonyl (C=O) groups excluding carboxylic acids is 1. The number of hydrogen-bond donors (Lipinski definition) is 1. The lowest BCUT2D eigenvalue weighted by molar-refractivity contribution is -0.131. The summed E-state index contributed by atoms with van der Waals surface area (Å²) in [5.74, 6) is 5.88. The molecule has 0 fully saturated rings. The van der Waals surface area contributed by atoms with Crippen molar-refractivity contribution in [3.63, 3.8) is 0 Å². The molecule has 1 amide bonds. The maximum atomic E-state index is 13.5. The number of aliphatic hydroxyl groups is 1. The van der Waals surface area contributed by atoms with Crippen LogP contribution in [0.5, 0.6) is 5.75 Å². The van der Waals surface area contributed by atoms with Gasteiger partial charge in [0.1, 0.15) is 22.4 Å². The lowest BCUT2D eigenvalue weighted by Crippen LogP contribution is -2.50. The van der Waals surface area contributed by atoms with Crippen molar-refractivity contribution in [2.45, 2.75) is 44.2 Å². The minimum absolute atomic E-state index is 0.0116. The Morgan fingerprint density at radius 3 is 2.74 bits per heavy atom. The fourth-order valence-corrected chi connectivity index (χ4v) is 5.56. The average Bonchev–Trinajstić information content (AvgIpc) is 2.84. The van der Waals surface area contributed by atoms with E-state index in [1.165, 1.54) is 10.4 Å². The highest BCUT2D eigenvalue weighted by Crippen LogP contribution is 2.34. The number of amides is 1. The first-order chi connectivity index (χ1) is 16.2. The van der Waals surface area contributed by atoms with Crippen molar-refractivity contribution < 1.29 is 23.1 Å². The quantitative estimate of drug-likeness (QED) is 0.652. The summed E-state index contributed by atoms with van der Waals surface area (Å²) in [4.78, 5) is 18.0. The molecule has 8 nitrogen and oxygen atoms in total. The Kier molecular flexibility index (Phi) is 8.31. The minimum atomic E-state index is -3.94. The van der Waals surface area contributed by atoms with Gasteiger partial charge < -0.3 is 14.7 Å². The van der Waals surface area contributed by atoms with Gasteiger partial charge >= 0.3 is 0 Å². The molecule has 0 aliphatic carbocycles. The monoisotopic (exact) mass is 485 g/mol. The molecule has 0 unspecified atom stereocenters. The summed E-state index contributed by atoms with van der Waals surface area (Å²) in [6, 6.07) is 9.53. The van der Waals surface area contributed by atoms with Gasteiger partial charge in [0, 0.05) is 43.7 Å². The van der Waals surface area contributed by atoms with Gasteiger partial charge in [-0.1, -0.05) is 25.8 Å². The zero-order chi connectivity index (χ0) is 24.9. The second kappa shape index (κ2) is 11.0. The maximum absolute atomic E-state index is 13.5. The molecule has 182 valence electrons. The van der Waals surface area contributed by atoms with E-state index in [1.807, 2.05) is 13.0 Å². The Hall–Kier alpha value is -2.93. The predicted molar refractivity (Wildman–Crippen MR) is 129 cm³/mol. The second-order valence-corrected chi connectivity index (χ2v) is 10.4. The third-order valence-corrected chi connectivity index (χ3v) is 7.87. The Morgan fingerprint density at radius 1 is 1.32 bits per heavy atom. The summed E-state index contributed by atoms with van der Waals surface area (Å²) < 4.78 is 34.6. The number of rotatable bonds is 5. The number of nitrogens with zero attached hydrogens (tertiary/aromatic N) is 3. The highest BCUT2D eigenvalue weighted by Gasteiger charge is 2.38. The molecule has 2 aromatic rings. The van der Waals surface area contributed by atoms with Crippen LogP contribution in [0.1, 0.15) is 38.4 Å². The predicted octanol–water partition coefficient (Wildman–Crippen LogP) is 2.12. The van der Waals surface area contributed by atoms with Crippen LogP contribution >= 0.6 is 0 Å². The van der Waals surface area contributed by atoms with E-state index in [0.717, 1.165) is 0 Å². The van der Waals surface area contributed by atoms with Crippen LogP contribution in [0.3, 0.4) is 0 Å². The highest BCUT2D eigenvalue weighted by molar-refractivity contribution is 7.89. The Bertz CT molecular complexity index is 1170. The van der Waals surface area contributed by atoms with Crippen molar-refractivity contribution >= 4 is 15.9 Å². The minimum Gasteiger partial charge on any atom is -0.487 e. The van der Waals surface area contributed by atoms with Crippen molar-refractivity contribution in [1.82, 2.24) is 14.2 Å². The van der Waals surface area contributed by atoms with Crippen molar-refractivity contribution in [2.75, 3.05) is 26.7 Å². The molecular weight excluding hydrogens is 454 g/mol. The van der Waals surface area contributed by atoms with E-state index in [-0.39, 0.29) is 35.6 Å². The smallest absolute Gasteiger partial charge is 0.247 e. The van der Waals surface area contributed by atoms with E-state index in [9.17, 15) is 18.3 Å². The van der Waals surface area contributed by atoms with Gasteiger partial charge in [-0.05, 0) is 43.2 Å². The third kappa shape index (κ3) is 5.76. The first kappa shape index (κ1) is 25.7. The van der Waals surface area contributed by atoms with E-state index in [4.69, 9.17) is 4.74 Å². The van der Waals surface area contributed by atoms with Crippen LogP contribution < -0.4 is 4.74 Å². The van der Waals surface area contributed by atoms with Crippen LogP contribution in [0.25, 0.3) is 0 Å². The van der Waals surface area contributed by atoms with Crippen molar-refractivity contribution in [2.24, 2.45) is 5.92 Å². The number of aliphatic hydroxyl groups excluding tert-OH is 1. The fourth-order valence-electron chi connectivity index (χ4n) is 3.74. The molecule has 2 heterocycles. The van der Waals surface area contributed by atoms with Crippen molar-refractivity contribution in [1.29, 1.82) is 0 Å². The number of aromatic nitrogens is 1. The largest absolute Gasteiger partial charge is 0.487 e. The number of sulfonamides is 1. The number of pyridine rings is 1. The topological polar surface area (TPSA) is 100 Å². The summed E-state index contributed by atoms with van der Waals surface area (Å²) in [5, 5.41) is 9.74. The number of likely N-dealkylation sites (N-methyl/N-ethyl adjacent to an activating group) is 1. The maximum Gasteiger partial charge on any atom is 0.247 e. The Balaban J connectivity index is 2.06. The summed E-state index contributed by atoms with van der Waals surface area (Å²) in [6.07, 6.45) is 1.56. The van der Waals surface area contributed by atoms with E-state index >= 15 is 0 Å². The molecule has 34 heavy (non-hydrogen) atoms. The first-order valence-corrected chi connectivity index (χ1v) is 12.7. The second-order valence-electron chi connectivity index (χ2n) is 8.49. The van der Waals surface area contributed by atoms with Crippen LogP contribution in [-0.2, 0) is 14.8 Å². The fraction of sp³-hybridized carbons (Fsp3) is 0.440. The number of hydrogen-bond acceptors (Lipinski definition) is 6. The normalized spacial score (nSPS) is 20.5. The zero-order valence-electron chi connectivity index (χ0n) is 19.9. The highest BCUT2D eigenvalue weighted by atomic mass is 32.2. The van der Waals surface area contributed by atoms with Crippen LogP contribution in [0.4, 0.5) is 0 Å². The number of carbonyl (C=O) groups is 1. The number of fused-ring (bicyclic) bond motifs is 1. The van der Waals surface area contributed by atoms with Crippen LogP contribution in [0.2, 0.25) is 0 Å². The Morgan fingerprint density at radius 2 is 2.09 bits per heavy atom. The lowest BCUT2D eigenvalue weighted by atomic mass is 10.0. The average molecular weight is 486 g/mol. The van der Waals surface area contributed by atoms with Gasteiger partial charge in [0.25, 0.3) is 0 Å². The molecule has 1 aliphatic heterocycles. The summed E-state index contributed by atoms with van der Waals surface area (Å²) in [5.41, 5.74) is 1.17. The molecule has 0 radical (unpaired) electrons. The molecule has 9 heteroatoms. The third-order valence-electron chi connectivity index (χ3n) is 5.85. The van der Waals surface area contributed by atoms with Gasteiger partial charge in [-0.2, -0.15) is 4.31 Å². The van der Waals surface area contributed by atoms with Crippen LogP contribution in [0.15, 0.2) is 47.5 Å². The van der Waals surface area contributed by atoms with Gasteiger partial charge in [-0.3, -0.25) is 4.79 Å². The van der Waals surface area contributed by atoms with Gasteiger partial charge in [0.05, 0.1) is 13.2 Å². The summed E-state index contributed by atoms with van der Waals surface area (Å²) in [6.45, 7) is 5.50. The molecule has 3 atom stereocenters. The first-order valence-electron chi connectivity index (χ1n) is 11.3. The standard InChI is InChI=1S/C25H31N3O5S/c1-5-25(30)27(4)16-23-18(2)15-28(19(3)17-29)34(31,32)24-12-10-20(14-22(24)33-23)9-11-21-8-6-7-13-26-21/h6-8,10,12-14,18-19,23,29H,5,15-17H2,1-4H3/t18-,19-,23+/m0/s1. The molecule has 0 bridgehead atoms. The molecule has 1 aliphatic rings. The molecule has 0 saturated heterocycles. The van der Waals surface area contributed by atoms with Gasteiger partial charge in [-0.15, -0.1) is 0 Å². The van der Waals surface area contributed by atoms with Crippen molar-refractivity contribution in [3.8, 4) is 17.6 Å². The van der Waals surface area contributed by atoms with Gasteiger partial charge in [0.15, 0.2) is 0 Å². The van der Waals surface area contributed by atoms with Crippen LogP contribution in [0, 0.1) is 17.8 Å². The van der Waals surface area contributed by atoms with E-state index < -0.39 is 22.2 Å². The lowest BCUT2D eigenvalue weighted by Gasteiger charge is -2.37. The van der Waals surface area contributed by atoms with Crippen LogP contribution in [-0.4, -0.2) is 72.5 Å². The molecular formula is C25H31N3O5S. The summed E-state index contributed by atoms with van der Waals surface area (Å²) >= 11 is 0. The van der Waals surface area contributed by atoms with Gasteiger partial charge in [-0.25, -0.2) is 13.4 Å². The molecule has 0 saturated carbocycles. The molecule has 3 rings (SSSR count). The SMILES string of the molecule is CCC(=O)N(C)C[C@H]1Oc2cc(C#Cc3ccccn3)ccc2S(=O)(=O)N([C@@H](C)CO)C[C@@H]1C. The van der Waals surface area contributed by atoms with E-state index in [2.05, 4.69) is 16.8 Å². The molecule has 1 N–H and O–H groups in total. The van der Waals surface area contributed by atoms with E-state index in [0.29, 0.717) is 24.2 Å². The van der Waals surface area contributed by atoms with Crippen molar-refractivity contribution in [3.05, 3.63) is 53.9 Å². The summed E-state index contributed by atoms with van der Waals surface area (Å²) in [7, 11) is -2.23. The number of ether oxygens (including phenoxy) is 1. The zero-order valence-corrected chi connectivity index (χ0v) is 20.7. The van der Waals surface area contributed by atoms with E-state index in [1.54, 1.807) is 56.3 Å². The Labute approximate surface area is 201 Å². The molecule has 1 aromatic heterocycles. The molecule has 1 aromatic carbocycles. The van der Waals surface area contributed by atoms with Gasteiger partial charge in [0.2, 0.25) is 15.9 Å². The number of benzene rings is 1.